The van der Waals surface area contributed by atoms with Crippen molar-refractivity contribution >= 4 is 12.3 Å². The van der Waals surface area contributed by atoms with Gasteiger partial charge < -0.3 is 4.74 Å². The Bertz CT molecular complexity index is 264. The first-order valence-corrected chi connectivity index (χ1v) is 9.90. The van der Waals surface area contributed by atoms with Crippen LogP contribution in [0.4, 0.5) is 0 Å². The van der Waals surface area contributed by atoms with Crippen molar-refractivity contribution in [3.8, 4) is 0 Å². The number of unbranched alkanes of at least 4 members (excludes halogenated alkanes) is 14. The standard InChI is InChI=1S/C20H38O3/c1-2-3-4-5-6-7-8-9-10-11-12-13-14-15-16-17-20(22)23-19-18-21/h18H,2-17,19H2,1H3. The Morgan fingerprint density at radius 1 is 0.696 bits per heavy atom. The number of hydrogen-bond acceptors (Lipinski definition) is 3. The van der Waals surface area contributed by atoms with E-state index in [2.05, 4.69) is 6.92 Å². The average molecular weight is 327 g/mol. The van der Waals surface area contributed by atoms with Gasteiger partial charge in [0, 0.05) is 6.42 Å². The molecule has 0 aliphatic rings. The largest absolute Gasteiger partial charge is 0.458 e. The zero-order valence-electron chi connectivity index (χ0n) is 15.3. The van der Waals surface area contributed by atoms with E-state index >= 15 is 0 Å². The summed E-state index contributed by atoms with van der Waals surface area (Å²) in [5.41, 5.74) is 0. The molecular formula is C20H38O3. The SMILES string of the molecule is CCCCCCCCCCCCCCCCCC(=O)OCC=O. The van der Waals surface area contributed by atoms with Crippen LogP contribution in [0.2, 0.25) is 0 Å². The Morgan fingerprint density at radius 3 is 1.48 bits per heavy atom. The lowest BCUT2D eigenvalue weighted by Crippen LogP contribution is -2.05. The summed E-state index contributed by atoms with van der Waals surface area (Å²) in [6, 6.07) is 0. The fourth-order valence-corrected chi connectivity index (χ4v) is 2.84. The van der Waals surface area contributed by atoms with Crippen LogP contribution in [0.15, 0.2) is 0 Å². The van der Waals surface area contributed by atoms with Gasteiger partial charge in [-0.25, -0.2) is 0 Å². The van der Waals surface area contributed by atoms with E-state index in [0.29, 0.717) is 12.7 Å². The van der Waals surface area contributed by atoms with Gasteiger partial charge in [-0.1, -0.05) is 96.8 Å². The molecule has 0 N–H and O–H groups in total. The molecule has 3 nitrogen and oxygen atoms in total. The number of esters is 1. The van der Waals surface area contributed by atoms with E-state index in [1.54, 1.807) is 0 Å². The maximum atomic E-state index is 11.2. The Labute approximate surface area is 143 Å². The van der Waals surface area contributed by atoms with E-state index in [1.165, 1.54) is 83.5 Å². The topological polar surface area (TPSA) is 43.4 Å². The molecule has 23 heavy (non-hydrogen) atoms. The minimum absolute atomic E-state index is 0.0996. The third kappa shape index (κ3) is 19.1. The minimum atomic E-state index is -0.244. The van der Waals surface area contributed by atoms with Gasteiger partial charge in [0.1, 0.15) is 6.61 Å². The van der Waals surface area contributed by atoms with Crippen molar-refractivity contribution in [3.63, 3.8) is 0 Å². The van der Waals surface area contributed by atoms with Gasteiger partial charge in [-0.15, -0.1) is 0 Å². The van der Waals surface area contributed by atoms with Crippen molar-refractivity contribution in [1.82, 2.24) is 0 Å². The molecule has 0 heterocycles. The molecule has 0 aromatic heterocycles. The summed E-state index contributed by atoms with van der Waals surface area (Å²) < 4.78 is 4.70. The second-order valence-corrected chi connectivity index (χ2v) is 6.55. The fraction of sp³-hybridized carbons (Fsp3) is 0.900. The number of rotatable bonds is 18. The van der Waals surface area contributed by atoms with Crippen LogP contribution < -0.4 is 0 Å². The van der Waals surface area contributed by atoms with Gasteiger partial charge in [0.25, 0.3) is 0 Å². The lowest BCUT2D eigenvalue weighted by Gasteiger charge is -2.03. The molecule has 136 valence electrons. The number of aldehydes is 1. The molecule has 0 spiro atoms. The molecular weight excluding hydrogens is 288 g/mol. The van der Waals surface area contributed by atoms with Gasteiger partial charge in [0.05, 0.1) is 0 Å². The summed E-state index contributed by atoms with van der Waals surface area (Å²) in [5, 5.41) is 0. The predicted octanol–water partition coefficient (Wildman–Crippen LogP) is 5.99. The number of hydrogen-bond donors (Lipinski definition) is 0. The first-order chi connectivity index (χ1) is 11.3. The first kappa shape index (κ1) is 22.1. The van der Waals surface area contributed by atoms with Gasteiger partial charge in [-0.3, -0.25) is 9.59 Å². The maximum Gasteiger partial charge on any atom is 0.306 e. The quantitative estimate of drug-likeness (QED) is 0.176. The van der Waals surface area contributed by atoms with E-state index in [-0.39, 0.29) is 12.6 Å². The van der Waals surface area contributed by atoms with Crippen LogP contribution in [0.25, 0.3) is 0 Å². The molecule has 0 bridgehead atoms. The van der Waals surface area contributed by atoms with Crippen molar-refractivity contribution in [1.29, 1.82) is 0 Å². The molecule has 0 aromatic carbocycles. The summed E-state index contributed by atoms with van der Waals surface area (Å²) in [4.78, 5) is 21.2. The van der Waals surface area contributed by atoms with Gasteiger partial charge in [0.15, 0.2) is 6.29 Å². The van der Waals surface area contributed by atoms with E-state index in [4.69, 9.17) is 4.74 Å². The van der Waals surface area contributed by atoms with Crippen molar-refractivity contribution in [2.24, 2.45) is 0 Å². The second-order valence-electron chi connectivity index (χ2n) is 6.55. The number of carbonyl (C=O) groups is 2. The third-order valence-corrected chi connectivity index (χ3v) is 4.30. The van der Waals surface area contributed by atoms with E-state index in [1.807, 2.05) is 0 Å². The summed E-state index contributed by atoms with van der Waals surface area (Å²) in [7, 11) is 0. The van der Waals surface area contributed by atoms with Crippen LogP contribution in [0.3, 0.4) is 0 Å². The van der Waals surface area contributed by atoms with Crippen molar-refractivity contribution < 1.29 is 14.3 Å². The molecule has 0 rings (SSSR count). The van der Waals surface area contributed by atoms with Crippen LogP contribution >= 0.6 is 0 Å². The lowest BCUT2D eigenvalue weighted by molar-refractivity contribution is -0.145. The minimum Gasteiger partial charge on any atom is -0.458 e. The van der Waals surface area contributed by atoms with Crippen LogP contribution in [-0.2, 0) is 14.3 Å². The van der Waals surface area contributed by atoms with Crippen LogP contribution in [0.1, 0.15) is 110 Å². The number of ether oxygens (including phenoxy) is 1. The number of carbonyl (C=O) groups excluding carboxylic acids is 2. The summed E-state index contributed by atoms with van der Waals surface area (Å²) in [5.74, 6) is -0.244. The first-order valence-electron chi connectivity index (χ1n) is 9.90. The highest BCUT2D eigenvalue weighted by Gasteiger charge is 2.01. The maximum absolute atomic E-state index is 11.2. The van der Waals surface area contributed by atoms with Gasteiger partial charge in [-0.05, 0) is 6.42 Å². The second kappa shape index (κ2) is 19.2. The molecule has 3 heteroatoms. The molecule has 0 aromatic rings. The lowest BCUT2D eigenvalue weighted by atomic mass is 10.0. The van der Waals surface area contributed by atoms with Gasteiger partial charge in [-0.2, -0.15) is 0 Å². The summed E-state index contributed by atoms with van der Waals surface area (Å²) in [6.07, 6.45) is 20.8. The molecule has 0 radical (unpaired) electrons. The summed E-state index contributed by atoms with van der Waals surface area (Å²) in [6.45, 7) is 2.17. The van der Waals surface area contributed by atoms with Crippen molar-refractivity contribution in [3.05, 3.63) is 0 Å². The third-order valence-electron chi connectivity index (χ3n) is 4.30. The molecule has 0 aliphatic heterocycles. The van der Waals surface area contributed by atoms with E-state index in [9.17, 15) is 9.59 Å². The van der Waals surface area contributed by atoms with Gasteiger partial charge >= 0.3 is 5.97 Å². The Kier molecular flexibility index (Phi) is 18.5. The Hall–Kier alpha value is -0.860. The zero-order valence-corrected chi connectivity index (χ0v) is 15.3. The molecule has 0 unspecified atom stereocenters. The highest BCUT2D eigenvalue weighted by atomic mass is 16.5. The van der Waals surface area contributed by atoms with Crippen molar-refractivity contribution in [2.45, 2.75) is 110 Å². The predicted molar refractivity (Wildman–Crippen MR) is 96.6 cm³/mol. The highest BCUT2D eigenvalue weighted by Crippen LogP contribution is 2.13. The smallest absolute Gasteiger partial charge is 0.306 e. The fourth-order valence-electron chi connectivity index (χ4n) is 2.84. The molecule has 0 atom stereocenters. The molecule has 0 saturated heterocycles. The molecule has 0 aliphatic carbocycles. The monoisotopic (exact) mass is 326 g/mol. The molecule has 0 saturated carbocycles. The molecule has 0 fully saturated rings. The van der Waals surface area contributed by atoms with E-state index < -0.39 is 0 Å². The molecule has 0 amide bonds. The average Bonchev–Trinajstić information content (AvgIpc) is 2.56. The summed E-state index contributed by atoms with van der Waals surface area (Å²) >= 11 is 0. The van der Waals surface area contributed by atoms with Crippen LogP contribution in [-0.4, -0.2) is 18.9 Å². The Morgan fingerprint density at radius 2 is 1.09 bits per heavy atom. The highest BCUT2D eigenvalue weighted by molar-refractivity contribution is 5.71. The van der Waals surface area contributed by atoms with E-state index in [0.717, 1.165) is 12.8 Å². The van der Waals surface area contributed by atoms with Crippen LogP contribution in [0.5, 0.6) is 0 Å². The van der Waals surface area contributed by atoms with Crippen LogP contribution in [0, 0.1) is 0 Å². The normalized spacial score (nSPS) is 10.7. The van der Waals surface area contributed by atoms with Gasteiger partial charge in [0.2, 0.25) is 0 Å². The Balaban J connectivity index is 3.05. The van der Waals surface area contributed by atoms with Crippen molar-refractivity contribution in [2.75, 3.05) is 6.61 Å². The zero-order chi connectivity index (χ0) is 17.0.